The van der Waals surface area contributed by atoms with Gasteiger partial charge in [0, 0.05) is 19.5 Å². The molecule has 0 spiro atoms. The molecule has 5 nitrogen and oxygen atoms in total. The number of hydrogen-bond acceptors (Lipinski definition) is 3. The Kier molecular flexibility index (Phi) is 4.99. The molecule has 2 heterocycles. The monoisotopic (exact) mass is 325 g/mol. The summed E-state index contributed by atoms with van der Waals surface area (Å²) in [6, 6.07) is 11.6. The lowest BCUT2D eigenvalue weighted by molar-refractivity contribution is 0.0926. The van der Waals surface area contributed by atoms with E-state index in [1.165, 1.54) is 6.26 Å². The Morgan fingerprint density at radius 3 is 2.88 bits per heavy atom. The van der Waals surface area contributed by atoms with Crippen molar-refractivity contribution < 1.29 is 9.21 Å². The molecule has 1 amide bonds. The average Bonchev–Trinajstić information content (AvgIpc) is 3.24. The summed E-state index contributed by atoms with van der Waals surface area (Å²) >= 11 is 0. The number of aromatic nitrogens is 2. The minimum atomic E-state index is -0.190. The molecule has 126 valence electrons. The van der Waals surface area contributed by atoms with Gasteiger partial charge in [-0.3, -0.25) is 4.79 Å². The van der Waals surface area contributed by atoms with Crippen molar-refractivity contribution in [2.24, 2.45) is 5.92 Å². The highest BCUT2D eigenvalue weighted by molar-refractivity contribution is 5.91. The van der Waals surface area contributed by atoms with E-state index >= 15 is 0 Å². The predicted octanol–water partition coefficient (Wildman–Crippen LogP) is 3.65. The number of hydrogen-bond donors (Lipinski definition) is 1. The van der Waals surface area contributed by atoms with Gasteiger partial charge in [-0.2, -0.15) is 0 Å². The van der Waals surface area contributed by atoms with E-state index < -0.39 is 0 Å². The van der Waals surface area contributed by atoms with Crippen LogP contribution in [0.3, 0.4) is 0 Å². The number of amides is 1. The number of nitrogens with zero attached hydrogens (tertiary/aromatic N) is 2. The molecule has 0 saturated heterocycles. The number of rotatable bonds is 7. The van der Waals surface area contributed by atoms with Crippen molar-refractivity contribution in [3.05, 3.63) is 54.2 Å². The van der Waals surface area contributed by atoms with Crippen LogP contribution in [0, 0.1) is 5.92 Å². The van der Waals surface area contributed by atoms with Crippen molar-refractivity contribution in [1.29, 1.82) is 0 Å². The normalized spacial score (nSPS) is 12.4. The molecule has 0 aliphatic carbocycles. The molecule has 0 radical (unpaired) electrons. The number of fused-ring (bicyclic) bond motifs is 1. The molecule has 0 saturated carbocycles. The van der Waals surface area contributed by atoms with Crippen LogP contribution in [-0.2, 0) is 13.0 Å². The van der Waals surface area contributed by atoms with Crippen molar-refractivity contribution in [3.63, 3.8) is 0 Å². The summed E-state index contributed by atoms with van der Waals surface area (Å²) in [7, 11) is 0. The van der Waals surface area contributed by atoms with Gasteiger partial charge in [-0.25, -0.2) is 4.98 Å². The van der Waals surface area contributed by atoms with Crippen LogP contribution in [0.2, 0.25) is 0 Å². The standard InChI is InChI=1S/C19H23N3O2/c1-3-14(2)13-22-16-8-5-4-7-15(16)21-18(22)10-11-20-19(23)17-9-6-12-24-17/h4-9,12,14H,3,10-11,13H2,1-2H3,(H,20,23)/t14-/m1/s1. The summed E-state index contributed by atoms with van der Waals surface area (Å²) in [5.41, 5.74) is 2.17. The van der Waals surface area contributed by atoms with E-state index in [0.717, 1.165) is 29.8 Å². The quantitative estimate of drug-likeness (QED) is 0.721. The number of imidazole rings is 1. The zero-order valence-corrected chi connectivity index (χ0v) is 14.2. The van der Waals surface area contributed by atoms with Gasteiger partial charge < -0.3 is 14.3 Å². The third kappa shape index (κ3) is 3.50. The number of furan rings is 1. The van der Waals surface area contributed by atoms with Crippen LogP contribution in [0.25, 0.3) is 11.0 Å². The van der Waals surface area contributed by atoms with Gasteiger partial charge in [-0.05, 0) is 30.2 Å². The minimum Gasteiger partial charge on any atom is -0.459 e. The molecular weight excluding hydrogens is 302 g/mol. The number of para-hydroxylation sites is 2. The Morgan fingerprint density at radius 1 is 1.29 bits per heavy atom. The fourth-order valence-electron chi connectivity index (χ4n) is 2.74. The molecule has 1 atom stereocenters. The first kappa shape index (κ1) is 16.3. The Labute approximate surface area is 141 Å². The number of carbonyl (C=O) groups excluding carboxylic acids is 1. The van der Waals surface area contributed by atoms with Gasteiger partial charge in [-0.1, -0.05) is 32.4 Å². The molecular formula is C19H23N3O2. The van der Waals surface area contributed by atoms with E-state index in [1.807, 2.05) is 18.2 Å². The van der Waals surface area contributed by atoms with E-state index in [1.54, 1.807) is 12.1 Å². The molecule has 5 heteroatoms. The van der Waals surface area contributed by atoms with Gasteiger partial charge in [0.1, 0.15) is 5.82 Å². The summed E-state index contributed by atoms with van der Waals surface area (Å²) in [5, 5.41) is 2.89. The highest BCUT2D eigenvalue weighted by Crippen LogP contribution is 2.19. The van der Waals surface area contributed by atoms with Gasteiger partial charge in [0.25, 0.3) is 5.91 Å². The summed E-state index contributed by atoms with van der Waals surface area (Å²) in [6.07, 6.45) is 3.32. The molecule has 0 bridgehead atoms. The maximum atomic E-state index is 11.9. The van der Waals surface area contributed by atoms with E-state index in [-0.39, 0.29) is 5.91 Å². The van der Waals surface area contributed by atoms with E-state index in [2.05, 4.69) is 29.8 Å². The first-order valence-corrected chi connectivity index (χ1v) is 8.45. The number of benzene rings is 1. The van der Waals surface area contributed by atoms with Crippen LogP contribution in [0.15, 0.2) is 47.1 Å². The molecule has 24 heavy (non-hydrogen) atoms. The highest BCUT2D eigenvalue weighted by Gasteiger charge is 2.13. The molecule has 3 aromatic rings. The van der Waals surface area contributed by atoms with Crippen LogP contribution in [0.1, 0.15) is 36.6 Å². The van der Waals surface area contributed by atoms with Gasteiger partial charge in [0.05, 0.1) is 17.3 Å². The topological polar surface area (TPSA) is 60.1 Å². The number of nitrogens with one attached hydrogen (secondary N) is 1. The molecule has 1 N–H and O–H groups in total. The largest absolute Gasteiger partial charge is 0.459 e. The molecule has 1 aromatic carbocycles. The minimum absolute atomic E-state index is 0.190. The summed E-state index contributed by atoms with van der Waals surface area (Å²) in [5.74, 6) is 1.74. The van der Waals surface area contributed by atoms with Crippen LogP contribution >= 0.6 is 0 Å². The maximum absolute atomic E-state index is 11.9. The average molecular weight is 325 g/mol. The molecule has 0 aliphatic rings. The van der Waals surface area contributed by atoms with Crippen LogP contribution < -0.4 is 5.32 Å². The van der Waals surface area contributed by atoms with Crippen molar-refractivity contribution >= 4 is 16.9 Å². The molecule has 0 unspecified atom stereocenters. The van der Waals surface area contributed by atoms with Crippen molar-refractivity contribution in [2.75, 3.05) is 6.54 Å². The van der Waals surface area contributed by atoms with Crippen molar-refractivity contribution in [1.82, 2.24) is 14.9 Å². The lowest BCUT2D eigenvalue weighted by atomic mass is 10.1. The van der Waals surface area contributed by atoms with Crippen LogP contribution in [-0.4, -0.2) is 22.0 Å². The zero-order valence-electron chi connectivity index (χ0n) is 14.2. The molecule has 0 fully saturated rings. The van der Waals surface area contributed by atoms with E-state index in [9.17, 15) is 4.79 Å². The third-order valence-electron chi connectivity index (χ3n) is 4.30. The fraction of sp³-hybridized carbons (Fsp3) is 0.368. The second kappa shape index (κ2) is 7.34. The van der Waals surface area contributed by atoms with Crippen LogP contribution in [0.5, 0.6) is 0 Å². The Balaban J connectivity index is 1.73. The molecule has 3 rings (SSSR count). The fourth-order valence-corrected chi connectivity index (χ4v) is 2.74. The van der Waals surface area contributed by atoms with Crippen molar-refractivity contribution in [3.8, 4) is 0 Å². The van der Waals surface area contributed by atoms with Gasteiger partial charge >= 0.3 is 0 Å². The number of carbonyl (C=O) groups is 1. The lowest BCUT2D eigenvalue weighted by Gasteiger charge is -2.14. The predicted molar refractivity (Wildman–Crippen MR) is 93.9 cm³/mol. The zero-order chi connectivity index (χ0) is 16.9. The van der Waals surface area contributed by atoms with Crippen LogP contribution in [0.4, 0.5) is 0 Å². The summed E-state index contributed by atoms with van der Waals surface area (Å²) in [6.45, 7) is 5.92. The smallest absolute Gasteiger partial charge is 0.286 e. The highest BCUT2D eigenvalue weighted by atomic mass is 16.3. The first-order valence-electron chi connectivity index (χ1n) is 8.45. The Bertz CT molecular complexity index is 805. The maximum Gasteiger partial charge on any atom is 0.286 e. The third-order valence-corrected chi connectivity index (χ3v) is 4.30. The second-order valence-electron chi connectivity index (χ2n) is 6.12. The Morgan fingerprint density at radius 2 is 2.12 bits per heavy atom. The molecule has 0 aliphatic heterocycles. The molecule has 2 aromatic heterocycles. The Hall–Kier alpha value is -2.56. The SMILES string of the molecule is CC[C@@H](C)Cn1c(CCNC(=O)c2ccco2)nc2ccccc21. The van der Waals surface area contributed by atoms with Gasteiger partial charge in [0.15, 0.2) is 5.76 Å². The van der Waals surface area contributed by atoms with Gasteiger partial charge in [-0.15, -0.1) is 0 Å². The van der Waals surface area contributed by atoms with E-state index in [4.69, 9.17) is 9.40 Å². The van der Waals surface area contributed by atoms with Crippen molar-refractivity contribution in [2.45, 2.75) is 33.2 Å². The van der Waals surface area contributed by atoms with Gasteiger partial charge in [0.2, 0.25) is 0 Å². The summed E-state index contributed by atoms with van der Waals surface area (Å²) < 4.78 is 7.38. The van der Waals surface area contributed by atoms with E-state index in [0.29, 0.717) is 24.6 Å². The lowest BCUT2D eigenvalue weighted by Crippen LogP contribution is -2.26. The summed E-state index contributed by atoms with van der Waals surface area (Å²) in [4.78, 5) is 16.7. The first-order chi connectivity index (χ1) is 11.7. The second-order valence-corrected chi connectivity index (χ2v) is 6.12.